The SMILES string of the molecule is COc1ccc(-c2nc(C(C)C)ncc2N2CCNCC2)cc1. The van der Waals surface area contributed by atoms with Crippen LogP contribution < -0.4 is 15.0 Å². The van der Waals surface area contributed by atoms with Gasteiger partial charge in [-0.25, -0.2) is 9.97 Å². The van der Waals surface area contributed by atoms with Crippen molar-refractivity contribution in [3.05, 3.63) is 36.3 Å². The number of aromatic nitrogens is 2. The van der Waals surface area contributed by atoms with Gasteiger partial charge in [-0.2, -0.15) is 0 Å². The monoisotopic (exact) mass is 312 g/mol. The molecule has 0 saturated carbocycles. The topological polar surface area (TPSA) is 50.3 Å². The van der Waals surface area contributed by atoms with Crippen LogP contribution in [-0.2, 0) is 0 Å². The highest BCUT2D eigenvalue weighted by Crippen LogP contribution is 2.31. The summed E-state index contributed by atoms with van der Waals surface area (Å²) in [6.07, 6.45) is 1.98. The molecular weight excluding hydrogens is 288 g/mol. The van der Waals surface area contributed by atoms with Crippen molar-refractivity contribution in [3.8, 4) is 17.0 Å². The molecule has 2 heterocycles. The fraction of sp³-hybridized carbons (Fsp3) is 0.444. The summed E-state index contributed by atoms with van der Waals surface area (Å²) in [6.45, 7) is 8.19. The number of hydrogen-bond acceptors (Lipinski definition) is 5. The van der Waals surface area contributed by atoms with Crippen molar-refractivity contribution >= 4 is 5.69 Å². The van der Waals surface area contributed by atoms with Crippen LogP contribution in [0.3, 0.4) is 0 Å². The quantitative estimate of drug-likeness (QED) is 0.940. The first-order valence-corrected chi connectivity index (χ1v) is 8.16. The van der Waals surface area contributed by atoms with E-state index in [2.05, 4.69) is 41.2 Å². The Bertz CT molecular complexity index is 649. The number of anilines is 1. The molecule has 0 spiro atoms. The second kappa shape index (κ2) is 6.96. The fourth-order valence-corrected chi connectivity index (χ4v) is 2.77. The van der Waals surface area contributed by atoms with Gasteiger partial charge in [0.2, 0.25) is 0 Å². The molecule has 23 heavy (non-hydrogen) atoms. The summed E-state index contributed by atoms with van der Waals surface area (Å²) in [7, 11) is 1.68. The first-order valence-electron chi connectivity index (χ1n) is 8.16. The van der Waals surface area contributed by atoms with Crippen molar-refractivity contribution in [1.29, 1.82) is 0 Å². The minimum atomic E-state index is 0.309. The normalized spacial score (nSPS) is 15.0. The molecule has 0 unspecified atom stereocenters. The molecule has 1 aromatic carbocycles. The second-order valence-electron chi connectivity index (χ2n) is 6.08. The number of methoxy groups -OCH3 is 1. The van der Waals surface area contributed by atoms with Gasteiger partial charge in [-0.1, -0.05) is 13.8 Å². The van der Waals surface area contributed by atoms with Crippen molar-refractivity contribution in [2.24, 2.45) is 0 Å². The van der Waals surface area contributed by atoms with Crippen molar-refractivity contribution < 1.29 is 4.74 Å². The molecule has 0 bridgehead atoms. The van der Waals surface area contributed by atoms with E-state index in [-0.39, 0.29) is 0 Å². The number of nitrogens with one attached hydrogen (secondary N) is 1. The predicted octanol–water partition coefficient (Wildman–Crippen LogP) is 2.69. The Labute approximate surface area is 137 Å². The van der Waals surface area contributed by atoms with Crippen LogP contribution in [-0.4, -0.2) is 43.3 Å². The molecule has 3 rings (SSSR count). The molecule has 1 aliphatic rings. The van der Waals surface area contributed by atoms with E-state index in [1.165, 1.54) is 0 Å². The third-order valence-corrected chi connectivity index (χ3v) is 4.13. The van der Waals surface area contributed by atoms with Crippen LogP contribution >= 0.6 is 0 Å². The number of rotatable bonds is 4. The molecule has 1 aromatic heterocycles. The van der Waals surface area contributed by atoms with Gasteiger partial charge in [-0.15, -0.1) is 0 Å². The standard InChI is InChI=1S/C18H24N4O/c1-13(2)18-20-12-16(22-10-8-19-9-11-22)17(21-18)14-4-6-15(23-3)7-5-14/h4-7,12-13,19H,8-11H2,1-3H3. The van der Waals surface area contributed by atoms with Gasteiger partial charge in [0.15, 0.2) is 0 Å². The number of benzene rings is 1. The van der Waals surface area contributed by atoms with Crippen molar-refractivity contribution in [1.82, 2.24) is 15.3 Å². The van der Waals surface area contributed by atoms with Gasteiger partial charge in [0.05, 0.1) is 24.7 Å². The Balaban J connectivity index is 2.04. The molecule has 5 nitrogen and oxygen atoms in total. The number of piperazine rings is 1. The highest BCUT2D eigenvalue weighted by Gasteiger charge is 2.18. The summed E-state index contributed by atoms with van der Waals surface area (Å²) in [6, 6.07) is 8.09. The van der Waals surface area contributed by atoms with Crippen LogP contribution in [0.15, 0.2) is 30.5 Å². The Kier molecular flexibility index (Phi) is 4.76. The number of nitrogens with zero attached hydrogens (tertiary/aromatic N) is 3. The molecule has 122 valence electrons. The van der Waals surface area contributed by atoms with Crippen LogP contribution in [0, 0.1) is 0 Å². The van der Waals surface area contributed by atoms with E-state index in [0.29, 0.717) is 5.92 Å². The predicted molar refractivity (Wildman–Crippen MR) is 93.2 cm³/mol. The first-order chi connectivity index (χ1) is 11.2. The number of hydrogen-bond donors (Lipinski definition) is 1. The van der Waals surface area contributed by atoms with Gasteiger partial charge < -0.3 is 15.0 Å². The molecule has 1 saturated heterocycles. The maximum Gasteiger partial charge on any atom is 0.131 e. The van der Waals surface area contributed by atoms with E-state index in [4.69, 9.17) is 9.72 Å². The summed E-state index contributed by atoms with van der Waals surface area (Å²) in [5, 5.41) is 3.39. The average Bonchev–Trinajstić information content (AvgIpc) is 2.62. The van der Waals surface area contributed by atoms with Gasteiger partial charge >= 0.3 is 0 Å². The van der Waals surface area contributed by atoms with Crippen LogP contribution in [0.25, 0.3) is 11.3 Å². The van der Waals surface area contributed by atoms with E-state index in [1.54, 1.807) is 7.11 Å². The van der Waals surface area contributed by atoms with E-state index < -0.39 is 0 Å². The summed E-state index contributed by atoms with van der Waals surface area (Å²) < 4.78 is 5.26. The third kappa shape index (κ3) is 3.45. The minimum Gasteiger partial charge on any atom is -0.497 e. The summed E-state index contributed by atoms with van der Waals surface area (Å²) in [5.41, 5.74) is 3.22. The summed E-state index contributed by atoms with van der Waals surface area (Å²) >= 11 is 0. The molecule has 5 heteroatoms. The first kappa shape index (κ1) is 15.7. The lowest BCUT2D eigenvalue weighted by Crippen LogP contribution is -2.43. The van der Waals surface area contributed by atoms with Crippen molar-refractivity contribution in [3.63, 3.8) is 0 Å². The Morgan fingerprint density at radius 2 is 1.83 bits per heavy atom. The van der Waals surface area contributed by atoms with Crippen LogP contribution in [0.5, 0.6) is 5.75 Å². The molecule has 1 N–H and O–H groups in total. The lowest BCUT2D eigenvalue weighted by molar-refractivity contribution is 0.415. The van der Waals surface area contributed by atoms with E-state index >= 15 is 0 Å². The van der Waals surface area contributed by atoms with Gasteiger partial charge in [0, 0.05) is 37.7 Å². The van der Waals surface area contributed by atoms with Crippen LogP contribution in [0.2, 0.25) is 0 Å². The Morgan fingerprint density at radius 1 is 1.13 bits per heavy atom. The van der Waals surface area contributed by atoms with Crippen molar-refractivity contribution in [2.75, 3.05) is 38.2 Å². The maximum absolute atomic E-state index is 5.26. The van der Waals surface area contributed by atoms with E-state index in [9.17, 15) is 0 Å². The molecule has 1 aliphatic heterocycles. The second-order valence-corrected chi connectivity index (χ2v) is 6.08. The summed E-state index contributed by atoms with van der Waals surface area (Å²) in [4.78, 5) is 11.8. The van der Waals surface area contributed by atoms with Crippen LogP contribution in [0.1, 0.15) is 25.6 Å². The lowest BCUT2D eigenvalue weighted by atomic mass is 10.1. The highest BCUT2D eigenvalue weighted by atomic mass is 16.5. The summed E-state index contributed by atoms with van der Waals surface area (Å²) in [5.74, 6) is 2.05. The average molecular weight is 312 g/mol. The zero-order valence-corrected chi connectivity index (χ0v) is 14.0. The Hall–Kier alpha value is -2.14. The molecule has 0 radical (unpaired) electrons. The van der Waals surface area contributed by atoms with Gasteiger partial charge in [-0.3, -0.25) is 0 Å². The van der Waals surface area contributed by atoms with E-state index in [1.807, 2.05) is 18.3 Å². The molecule has 0 atom stereocenters. The molecular formula is C18H24N4O. The van der Waals surface area contributed by atoms with Crippen LogP contribution in [0.4, 0.5) is 5.69 Å². The molecule has 2 aromatic rings. The van der Waals surface area contributed by atoms with Gasteiger partial charge in [0.1, 0.15) is 11.6 Å². The zero-order valence-electron chi connectivity index (χ0n) is 14.0. The fourth-order valence-electron chi connectivity index (χ4n) is 2.77. The maximum atomic E-state index is 5.26. The molecule has 0 aliphatic carbocycles. The van der Waals surface area contributed by atoms with Gasteiger partial charge in [-0.05, 0) is 24.3 Å². The molecule has 1 fully saturated rings. The van der Waals surface area contributed by atoms with E-state index in [0.717, 1.165) is 54.7 Å². The number of ether oxygens (including phenoxy) is 1. The third-order valence-electron chi connectivity index (χ3n) is 4.13. The zero-order chi connectivity index (χ0) is 16.2. The lowest BCUT2D eigenvalue weighted by Gasteiger charge is -2.30. The Morgan fingerprint density at radius 3 is 2.43 bits per heavy atom. The minimum absolute atomic E-state index is 0.309. The largest absolute Gasteiger partial charge is 0.497 e. The molecule has 0 amide bonds. The smallest absolute Gasteiger partial charge is 0.131 e. The van der Waals surface area contributed by atoms with Crippen molar-refractivity contribution in [2.45, 2.75) is 19.8 Å². The highest BCUT2D eigenvalue weighted by molar-refractivity contribution is 5.75. The van der Waals surface area contributed by atoms with Gasteiger partial charge in [0.25, 0.3) is 0 Å².